The van der Waals surface area contributed by atoms with Crippen LogP contribution in [0.2, 0.25) is 0 Å². The van der Waals surface area contributed by atoms with Crippen LogP contribution in [-0.4, -0.2) is 93.1 Å². The van der Waals surface area contributed by atoms with E-state index < -0.39 is 12.2 Å². The molecule has 15 heteroatoms. The van der Waals surface area contributed by atoms with Crippen LogP contribution < -0.4 is 15.4 Å². The summed E-state index contributed by atoms with van der Waals surface area (Å²) in [5, 5.41) is 6.92. The first-order chi connectivity index (χ1) is 26.8. The predicted octanol–water partition coefficient (Wildman–Crippen LogP) is 6.12. The second-order valence-corrected chi connectivity index (χ2v) is 14.8. The number of carbonyl (C=O) groups is 4. The third kappa shape index (κ3) is 8.41. The average Bonchev–Trinajstić information content (AvgIpc) is 3.85. The fourth-order valence-electron chi connectivity index (χ4n) is 6.78. The van der Waals surface area contributed by atoms with Crippen LogP contribution in [-0.2, 0) is 38.8 Å². The van der Waals surface area contributed by atoms with Crippen molar-refractivity contribution < 1.29 is 33.4 Å². The number of methoxy groups -OCH3 is 2. The van der Waals surface area contributed by atoms with Gasteiger partial charge in [0.25, 0.3) is 0 Å². The smallest absolute Gasteiger partial charge is 0.407 e. The number of hydrogen-bond donors (Lipinski definition) is 4. The van der Waals surface area contributed by atoms with Crippen molar-refractivity contribution in [2.75, 3.05) is 27.3 Å². The molecule has 0 saturated carbocycles. The lowest BCUT2D eigenvalue weighted by atomic mass is 9.92. The molecule has 4 amide bonds. The molecule has 2 atom stereocenters. The molecule has 3 aromatic carbocycles. The van der Waals surface area contributed by atoms with Gasteiger partial charge in [0, 0.05) is 23.0 Å². The van der Waals surface area contributed by atoms with Gasteiger partial charge in [-0.3, -0.25) is 9.59 Å². The number of imidazole rings is 2. The van der Waals surface area contributed by atoms with Crippen molar-refractivity contribution in [3.05, 3.63) is 65.9 Å². The molecular formula is C41H50N8O7. The highest BCUT2D eigenvalue weighted by atomic mass is 16.5. The molecule has 0 saturated heterocycles. The van der Waals surface area contributed by atoms with E-state index in [0.29, 0.717) is 18.3 Å². The number of amides is 4. The monoisotopic (exact) mass is 766 g/mol. The van der Waals surface area contributed by atoms with E-state index in [9.17, 15) is 19.2 Å². The highest BCUT2D eigenvalue weighted by Gasteiger charge is 2.27. The van der Waals surface area contributed by atoms with Crippen LogP contribution in [0.25, 0.3) is 44.2 Å². The fourth-order valence-corrected chi connectivity index (χ4v) is 6.78. The Morgan fingerprint density at radius 1 is 0.786 bits per heavy atom. The normalized spacial score (nSPS) is 13.1. The van der Waals surface area contributed by atoms with E-state index in [2.05, 4.69) is 53.3 Å². The van der Waals surface area contributed by atoms with E-state index in [1.807, 2.05) is 65.8 Å². The first kappa shape index (κ1) is 39.6. The topological polar surface area (TPSA) is 184 Å². The summed E-state index contributed by atoms with van der Waals surface area (Å²) in [6, 6.07) is 14.2. The maximum absolute atomic E-state index is 13.2. The molecule has 1 aliphatic rings. The van der Waals surface area contributed by atoms with Gasteiger partial charge in [-0.05, 0) is 72.0 Å². The standard InChI is InChI=1S/C41H50N8O7/c1-22(2)24(5)48(37(50)17-43-40(52)54-7)19-35-42-16-33(46-35)27-9-11-29-28(13-27)21-56-34-15-30-26(14-31(29)34)10-12-32-39(30)47-36(45-32)20-49(25(6)23(3)4)38(51)18-44-41(53)55-8/h9-16,22-25H,17-21H2,1-8H3,(H,42,46)(H,43,52)(H,44,53)(H,45,47)/t24-,25-/m0/s1. The number of benzene rings is 3. The summed E-state index contributed by atoms with van der Waals surface area (Å²) in [5.41, 5.74) is 6.44. The van der Waals surface area contributed by atoms with Crippen molar-refractivity contribution >= 4 is 45.8 Å². The number of ether oxygens (including phenoxy) is 3. The number of aromatic nitrogens is 4. The van der Waals surface area contributed by atoms with Crippen molar-refractivity contribution in [3.8, 4) is 28.1 Å². The zero-order valence-electron chi connectivity index (χ0n) is 33.1. The molecule has 5 aromatic rings. The van der Waals surface area contributed by atoms with Crippen molar-refractivity contribution in [2.24, 2.45) is 11.8 Å². The molecule has 0 fully saturated rings. The highest BCUT2D eigenvalue weighted by molar-refractivity contribution is 6.07. The number of carbonyl (C=O) groups excluding carboxylic acids is 4. The second-order valence-electron chi connectivity index (χ2n) is 14.8. The maximum atomic E-state index is 13.2. The molecule has 56 heavy (non-hydrogen) atoms. The van der Waals surface area contributed by atoms with Gasteiger partial charge >= 0.3 is 12.2 Å². The van der Waals surface area contributed by atoms with Crippen LogP contribution in [0.15, 0.2) is 48.7 Å². The van der Waals surface area contributed by atoms with E-state index in [1.165, 1.54) is 14.2 Å². The number of fused-ring (bicyclic) bond motifs is 6. The van der Waals surface area contributed by atoms with Crippen LogP contribution in [0.1, 0.15) is 58.8 Å². The highest BCUT2D eigenvalue weighted by Crippen LogP contribution is 2.42. The summed E-state index contributed by atoms with van der Waals surface area (Å²) < 4.78 is 15.6. The van der Waals surface area contributed by atoms with Gasteiger partial charge in [0.05, 0.1) is 50.2 Å². The fraction of sp³-hybridized carbons (Fsp3) is 0.415. The summed E-state index contributed by atoms with van der Waals surface area (Å²) in [7, 11) is 2.52. The minimum Gasteiger partial charge on any atom is -0.488 e. The van der Waals surface area contributed by atoms with Gasteiger partial charge < -0.3 is 44.6 Å². The van der Waals surface area contributed by atoms with E-state index in [-0.39, 0.29) is 61.9 Å². The summed E-state index contributed by atoms with van der Waals surface area (Å²) in [6.07, 6.45) is 0.440. The van der Waals surface area contributed by atoms with Crippen LogP contribution in [0.5, 0.6) is 5.75 Å². The Morgan fingerprint density at radius 2 is 1.41 bits per heavy atom. The number of aromatic amines is 2. The van der Waals surface area contributed by atoms with Gasteiger partial charge in [0.15, 0.2) is 0 Å². The van der Waals surface area contributed by atoms with Crippen molar-refractivity contribution in [1.29, 1.82) is 0 Å². The van der Waals surface area contributed by atoms with Gasteiger partial charge in [-0.1, -0.05) is 45.9 Å². The lowest BCUT2D eigenvalue weighted by Gasteiger charge is -2.31. The van der Waals surface area contributed by atoms with Crippen LogP contribution in [0, 0.1) is 11.8 Å². The third-order valence-corrected chi connectivity index (χ3v) is 10.7. The second kappa shape index (κ2) is 16.7. The number of rotatable bonds is 13. The summed E-state index contributed by atoms with van der Waals surface area (Å²) >= 11 is 0. The number of nitrogens with zero attached hydrogens (tertiary/aromatic N) is 4. The Kier molecular flexibility index (Phi) is 11.8. The van der Waals surface area contributed by atoms with Gasteiger partial charge in [0.2, 0.25) is 11.8 Å². The van der Waals surface area contributed by atoms with Gasteiger partial charge in [-0.25, -0.2) is 19.6 Å². The summed E-state index contributed by atoms with van der Waals surface area (Å²) in [4.78, 5) is 69.3. The summed E-state index contributed by atoms with van der Waals surface area (Å²) in [5.74, 6) is 1.91. The molecule has 2 aromatic heterocycles. The SMILES string of the molecule is COC(=O)NCC(=O)N(Cc1ncc(-c2ccc3c(c2)COc2cc4c(ccc5nc(CN(C(=O)CNC(=O)OC)[C@@H](C)C(C)C)[nH]c54)cc2-3)[nH]1)[C@@H](C)C(C)C. The lowest BCUT2D eigenvalue weighted by molar-refractivity contribution is -0.134. The predicted molar refractivity (Wildman–Crippen MR) is 211 cm³/mol. The Bertz CT molecular complexity index is 2260. The molecule has 4 N–H and O–H groups in total. The summed E-state index contributed by atoms with van der Waals surface area (Å²) in [6.45, 7) is 12.7. The molecule has 15 nitrogen and oxygen atoms in total. The number of H-pyrrole nitrogens is 2. The van der Waals surface area contributed by atoms with Gasteiger partial charge in [-0.2, -0.15) is 0 Å². The van der Waals surface area contributed by atoms with Crippen molar-refractivity contribution in [1.82, 2.24) is 40.4 Å². The molecular weight excluding hydrogens is 716 g/mol. The average molecular weight is 767 g/mol. The first-order valence-electron chi connectivity index (χ1n) is 18.8. The van der Waals surface area contributed by atoms with Crippen LogP contribution in [0.3, 0.4) is 0 Å². The molecule has 0 radical (unpaired) electrons. The van der Waals surface area contributed by atoms with Crippen molar-refractivity contribution in [2.45, 2.75) is 73.3 Å². The molecule has 0 unspecified atom stereocenters. The quantitative estimate of drug-likeness (QED) is 0.110. The van der Waals surface area contributed by atoms with Crippen molar-refractivity contribution in [3.63, 3.8) is 0 Å². The minimum atomic E-state index is -0.662. The number of nitrogens with one attached hydrogen (secondary N) is 4. The van der Waals surface area contributed by atoms with E-state index in [4.69, 9.17) is 9.72 Å². The van der Waals surface area contributed by atoms with Gasteiger partial charge in [0.1, 0.15) is 37.1 Å². The number of hydrogen-bond acceptors (Lipinski definition) is 9. The lowest BCUT2D eigenvalue weighted by Crippen LogP contribution is -2.46. The molecule has 3 heterocycles. The van der Waals surface area contributed by atoms with Crippen LogP contribution >= 0.6 is 0 Å². The Morgan fingerprint density at radius 3 is 2.02 bits per heavy atom. The molecule has 0 spiro atoms. The third-order valence-electron chi connectivity index (χ3n) is 10.7. The molecule has 6 rings (SSSR count). The maximum Gasteiger partial charge on any atom is 0.407 e. The van der Waals surface area contributed by atoms with E-state index >= 15 is 0 Å². The Hall–Kier alpha value is -6.12. The zero-order chi connectivity index (χ0) is 40.3. The molecule has 1 aliphatic heterocycles. The number of alkyl carbamates (subject to hydrolysis) is 2. The Balaban J connectivity index is 1.23. The minimum absolute atomic E-state index is 0.0957. The van der Waals surface area contributed by atoms with E-state index in [1.54, 1.807) is 16.0 Å². The molecule has 296 valence electrons. The molecule has 0 aliphatic carbocycles. The zero-order valence-corrected chi connectivity index (χ0v) is 33.1. The Labute approximate surface area is 325 Å². The largest absolute Gasteiger partial charge is 0.488 e. The van der Waals surface area contributed by atoms with Crippen LogP contribution in [0.4, 0.5) is 9.59 Å². The first-order valence-corrected chi connectivity index (χ1v) is 18.8. The van der Waals surface area contributed by atoms with Gasteiger partial charge in [-0.15, -0.1) is 0 Å². The van der Waals surface area contributed by atoms with E-state index in [0.717, 1.165) is 55.5 Å². The molecule has 0 bridgehead atoms.